The van der Waals surface area contributed by atoms with Crippen LogP contribution in [0.3, 0.4) is 0 Å². The number of pyridine rings is 1. The fourth-order valence-electron chi connectivity index (χ4n) is 1.90. The minimum absolute atomic E-state index is 0.421. The maximum Gasteiger partial charge on any atom is 0.250 e. The Balaban J connectivity index is 2.11. The van der Waals surface area contributed by atoms with Gasteiger partial charge >= 0.3 is 0 Å². The van der Waals surface area contributed by atoms with Gasteiger partial charge < -0.3 is 11.1 Å². The number of nitrogens with one attached hydrogen (secondary N) is 1. The second kappa shape index (κ2) is 4.40. The number of carbonyl (C=O) groups is 1. The average molecular weight is 205 g/mol. The van der Waals surface area contributed by atoms with Gasteiger partial charge in [0.25, 0.3) is 0 Å². The van der Waals surface area contributed by atoms with E-state index in [4.69, 9.17) is 5.73 Å². The summed E-state index contributed by atoms with van der Waals surface area (Å²) >= 11 is 0. The van der Waals surface area contributed by atoms with E-state index >= 15 is 0 Å². The first-order valence-corrected chi connectivity index (χ1v) is 5.24. The molecule has 0 saturated carbocycles. The molecular formula is C11H15N3O. The first kappa shape index (κ1) is 10.1. The van der Waals surface area contributed by atoms with E-state index in [2.05, 4.69) is 10.3 Å². The summed E-state index contributed by atoms with van der Waals surface area (Å²) in [6.07, 6.45) is 3.91. The van der Waals surface area contributed by atoms with E-state index in [1.54, 1.807) is 12.3 Å². The van der Waals surface area contributed by atoms with Gasteiger partial charge in [0.15, 0.2) is 0 Å². The molecule has 0 unspecified atom stereocenters. The zero-order chi connectivity index (χ0) is 10.7. The third-order valence-electron chi connectivity index (χ3n) is 2.79. The number of aromatic nitrogens is 1. The van der Waals surface area contributed by atoms with E-state index in [1.807, 2.05) is 6.07 Å². The topological polar surface area (TPSA) is 68.0 Å². The highest BCUT2D eigenvalue weighted by atomic mass is 16.1. The van der Waals surface area contributed by atoms with Gasteiger partial charge in [-0.05, 0) is 31.5 Å². The lowest BCUT2D eigenvalue weighted by molar-refractivity contribution is 0.1000. The summed E-state index contributed by atoms with van der Waals surface area (Å²) in [5, 5.41) is 3.34. The van der Waals surface area contributed by atoms with Crippen LogP contribution in [0.25, 0.3) is 0 Å². The number of rotatable bonds is 2. The minimum Gasteiger partial charge on any atom is -0.366 e. The van der Waals surface area contributed by atoms with Gasteiger partial charge in [-0.15, -0.1) is 0 Å². The average Bonchev–Trinajstić information content (AvgIpc) is 2.30. The molecule has 2 rings (SSSR count). The molecular weight excluding hydrogens is 190 g/mol. The summed E-state index contributed by atoms with van der Waals surface area (Å²) in [6.45, 7) is 2.07. The number of piperidine rings is 1. The monoisotopic (exact) mass is 205 g/mol. The molecule has 4 heteroatoms. The number of nitrogens with zero attached hydrogens (tertiary/aromatic N) is 1. The predicted molar refractivity (Wildman–Crippen MR) is 57.6 cm³/mol. The highest BCUT2D eigenvalue weighted by molar-refractivity contribution is 5.92. The SMILES string of the molecule is NC(=O)c1ccc([C@@H]2CCCNC2)nc1. The quantitative estimate of drug-likeness (QED) is 0.744. The standard InChI is InChI=1S/C11H15N3O/c12-11(15)9-3-4-10(14-7-9)8-2-1-5-13-6-8/h3-4,7-8,13H,1-2,5-6H2,(H2,12,15)/t8-/m1/s1. The van der Waals surface area contributed by atoms with E-state index in [-0.39, 0.29) is 0 Å². The van der Waals surface area contributed by atoms with Crippen molar-refractivity contribution in [3.63, 3.8) is 0 Å². The Kier molecular flexibility index (Phi) is 2.97. The molecule has 1 atom stereocenters. The van der Waals surface area contributed by atoms with Crippen LogP contribution in [0.15, 0.2) is 18.3 Å². The van der Waals surface area contributed by atoms with Crippen LogP contribution in [0.1, 0.15) is 34.8 Å². The van der Waals surface area contributed by atoms with Crippen molar-refractivity contribution in [2.75, 3.05) is 13.1 Å². The summed E-state index contributed by atoms with van der Waals surface area (Å²) in [7, 11) is 0. The normalized spacial score (nSPS) is 21.2. The Hall–Kier alpha value is -1.42. The number of hydrogen-bond acceptors (Lipinski definition) is 3. The van der Waals surface area contributed by atoms with Crippen LogP contribution in [0.2, 0.25) is 0 Å². The summed E-state index contributed by atoms with van der Waals surface area (Å²) in [4.78, 5) is 15.1. The Labute approximate surface area is 88.9 Å². The van der Waals surface area contributed by atoms with Crippen LogP contribution in [-0.4, -0.2) is 24.0 Å². The van der Waals surface area contributed by atoms with E-state index < -0.39 is 5.91 Å². The third kappa shape index (κ3) is 2.33. The van der Waals surface area contributed by atoms with E-state index in [9.17, 15) is 4.79 Å². The Morgan fingerprint density at radius 2 is 2.40 bits per heavy atom. The Bertz CT molecular complexity index is 341. The summed E-state index contributed by atoms with van der Waals surface area (Å²) in [5.74, 6) is 0.0523. The molecule has 1 fully saturated rings. The van der Waals surface area contributed by atoms with Gasteiger partial charge in [0.2, 0.25) is 5.91 Å². The molecule has 0 bridgehead atoms. The molecule has 0 spiro atoms. The minimum atomic E-state index is -0.421. The maximum atomic E-state index is 10.9. The van der Waals surface area contributed by atoms with Crippen LogP contribution in [0, 0.1) is 0 Å². The molecule has 1 amide bonds. The molecule has 1 aliphatic heterocycles. The van der Waals surface area contributed by atoms with Gasteiger partial charge in [-0.1, -0.05) is 0 Å². The Morgan fingerprint density at radius 3 is 2.93 bits per heavy atom. The summed E-state index contributed by atoms with van der Waals surface area (Å²) < 4.78 is 0. The van der Waals surface area contributed by atoms with Crippen molar-refractivity contribution in [1.82, 2.24) is 10.3 Å². The first-order valence-electron chi connectivity index (χ1n) is 5.24. The van der Waals surface area contributed by atoms with Crippen molar-refractivity contribution in [1.29, 1.82) is 0 Å². The van der Waals surface area contributed by atoms with Crippen LogP contribution in [0.5, 0.6) is 0 Å². The Morgan fingerprint density at radius 1 is 1.53 bits per heavy atom. The first-order chi connectivity index (χ1) is 7.27. The number of carbonyl (C=O) groups excluding carboxylic acids is 1. The predicted octanol–water partition coefficient (Wildman–Crippen LogP) is 0.647. The number of primary amides is 1. The number of hydrogen-bond donors (Lipinski definition) is 2. The van der Waals surface area contributed by atoms with Gasteiger partial charge in [0.1, 0.15) is 0 Å². The van der Waals surface area contributed by atoms with Crippen molar-refractivity contribution in [2.45, 2.75) is 18.8 Å². The van der Waals surface area contributed by atoms with Crippen LogP contribution >= 0.6 is 0 Å². The molecule has 1 aliphatic rings. The van der Waals surface area contributed by atoms with Gasteiger partial charge in [-0.3, -0.25) is 9.78 Å². The molecule has 1 aromatic heterocycles. The molecule has 0 radical (unpaired) electrons. The van der Waals surface area contributed by atoms with Crippen LogP contribution in [0.4, 0.5) is 0 Å². The fraction of sp³-hybridized carbons (Fsp3) is 0.455. The van der Waals surface area contributed by atoms with Crippen molar-refractivity contribution in [2.24, 2.45) is 5.73 Å². The maximum absolute atomic E-state index is 10.9. The number of nitrogens with two attached hydrogens (primary N) is 1. The summed E-state index contributed by atoms with van der Waals surface area (Å²) in [5.41, 5.74) is 6.67. The third-order valence-corrected chi connectivity index (χ3v) is 2.79. The molecule has 80 valence electrons. The molecule has 1 aromatic rings. The van der Waals surface area contributed by atoms with Crippen molar-refractivity contribution >= 4 is 5.91 Å². The smallest absolute Gasteiger partial charge is 0.250 e. The highest BCUT2D eigenvalue weighted by Gasteiger charge is 2.16. The van der Waals surface area contributed by atoms with E-state index in [0.717, 1.165) is 25.2 Å². The van der Waals surface area contributed by atoms with Gasteiger partial charge in [0.05, 0.1) is 5.56 Å². The van der Waals surface area contributed by atoms with Gasteiger partial charge in [0, 0.05) is 24.4 Å². The van der Waals surface area contributed by atoms with Crippen LogP contribution < -0.4 is 11.1 Å². The number of amides is 1. The lowest BCUT2D eigenvalue weighted by Crippen LogP contribution is -2.28. The van der Waals surface area contributed by atoms with Crippen molar-refractivity contribution < 1.29 is 4.79 Å². The summed E-state index contributed by atoms with van der Waals surface area (Å²) in [6, 6.07) is 3.65. The molecule has 0 aromatic carbocycles. The lowest BCUT2D eigenvalue weighted by atomic mass is 9.95. The van der Waals surface area contributed by atoms with Crippen LogP contribution in [-0.2, 0) is 0 Å². The largest absolute Gasteiger partial charge is 0.366 e. The molecule has 4 nitrogen and oxygen atoms in total. The molecule has 1 saturated heterocycles. The van der Waals surface area contributed by atoms with Crippen molar-refractivity contribution in [3.05, 3.63) is 29.6 Å². The molecule has 15 heavy (non-hydrogen) atoms. The second-order valence-corrected chi connectivity index (χ2v) is 3.88. The fourth-order valence-corrected chi connectivity index (χ4v) is 1.90. The molecule has 3 N–H and O–H groups in total. The zero-order valence-corrected chi connectivity index (χ0v) is 8.57. The van der Waals surface area contributed by atoms with E-state index in [1.165, 1.54) is 6.42 Å². The lowest BCUT2D eigenvalue weighted by Gasteiger charge is -2.22. The zero-order valence-electron chi connectivity index (χ0n) is 8.57. The second-order valence-electron chi connectivity index (χ2n) is 3.88. The van der Waals surface area contributed by atoms with Gasteiger partial charge in [-0.2, -0.15) is 0 Å². The van der Waals surface area contributed by atoms with Crippen molar-refractivity contribution in [3.8, 4) is 0 Å². The highest BCUT2D eigenvalue weighted by Crippen LogP contribution is 2.21. The van der Waals surface area contributed by atoms with E-state index in [0.29, 0.717) is 11.5 Å². The molecule has 0 aliphatic carbocycles. The van der Waals surface area contributed by atoms with Gasteiger partial charge in [-0.25, -0.2) is 0 Å². The molecule has 2 heterocycles.